The largest absolute Gasteiger partial charge is 0.481 e. The molecule has 7 heteroatoms. The zero-order chi connectivity index (χ0) is 15.7. The molecule has 2 aromatic heterocycles. The second kappa shape index (κ2) is 5.67. The maximum absolute atomic E-state index is 12.2. The number of hydrogen-bond acceptors (Lipinski definition) is 4. The van der Waals surface area contributed by atoms with E-state index < -0.39 is 5.97 Å². The number of carbonyl (C=O) groups is 2. The molecule has 1 aliphatic rings. The smallest absolute Gasteiger partial charge is 0.306 e. The molecule has 3 N–H and O–H groups in total. The van der Waals surface area contributed by atoms with Gasteiger partial charge in [-0.2, -0.15) is 5.10 Å². The molecule has 3 rings (SSSR count). The van der Waals surface area contributed by atoms with E-state index in [1.54, 1.807) is 12.1 Å². The van der Waals surface area contributed by atoms with Crippen LogP contribution in [0.25, 0.3) is 11.5 Å². The maximum atomic E-state index is 12.2. The fourth-order valence-corrected chi connectivity index (χ4v) is 2.74. The fourth-order valence-electron chi connectivity index (χ4n) is 2.74. The normalized spacial score (nSPS) is 21.0. The standard InChI is InChI=1S/C15H17N3O4/c1-8-2-5-13(22-8)11-7-12(18-17-11)14(19)16-10-4-3-9(6-10)15(20)21/h2,5,7,9-10H,3-4,6H2,1H3,(H,16,19)(H,17,18)(H,20,21)/t9-,10+/m0/s1. The van der Waals surface area contributed by atoms with E-state index in [-0.39, 0.29) is 23.6 Å². The molecular formula is C15H17N3O4. The van der Waals surface area contributed by atoms with Crippen LogP contribution in [0.2, 0.25) is 0 Å². The SMILES string of the molecule is Cc1ccc(-c2cc(C(=O)N[C@@H]3CC[C@H](C(=O)O)C3)n[nH]2)o1. The molecule has 0 bridgehead atoms. The Labute approximate surface area is 126 Å². The molecule has 1 saturated carbocycles. The second-order valence-electron chi connectivity index (χ2n) is 5.60. The Morgan fingerprint density at radius 2 is 2.23 bits per heavy atom. The lowest BCUT2D eigenvalue weighted by molar-refractivity contribution is -0.141. The number of furan rings is 1. The zero-order valence-electron chi connectivity index (χ0n) is 12.1. The van der Waals surface area contributed by atoms with Crippen molar-refractivity contribution in [3.63, 3.8) is 0 Å². The molecule has 2 heterocycles. The fraction of sp³-hybridized carbons (Fsp3) is 0.400. The van der Waals surface area contributed by atoms with Gasteiger partial charge >= 0.3 is 5.97 Å². The van der Waals surface area contributed by atoms with E-state index in [4.69, 9.17) is 9.52 Å². The van der Waals surface area contributed by atoms with Gasteiger partial charge in [0.2, 0.25) is 0 Å². The van der Waals surface area contributed by atoms with Crippen molar-refractivity contribution < 1.29 is 19.1 Å². The molecule has 0 unspecified atom stereocenters. The van der Waals surface area contributed by atoms with Crippen LogP contribution in [0, 0.1) is 12.8 Å². The molecule has 0 saturated heterocycles. The molecule has 1 fully saturated rings. The number of aromatic nitrogens is 2. The summed E-state index contributed by atoms with van der Waals surface area (Å²) in [6.07, 6.45) is 1.74. The molecule has 1 aliphatic carbocycles. The van der Waals surface area contributed by atoms with E-state index in [1.165, 1.54) is 0 Å². The zero-order valence-corrected chi connectivity index (χ0v) is 12.1. The van der Waals surface area contributed by atoms with E-state index in [2.05, 4.69) is 15.5 Å². The van der Waals surface area contributed by atoms with Gasteiger partial charge < -0.3 is 14.8 Å². The van der Waals surface area contributed by atoms with E-state index in [0.29, 0.717) is 30.7 Å². The van der Waals surface area contributed by atoms with Crippen molar-refractivity contribution in [1.29, 1.82) is 0 Å². The van der Waals surface area contributed by atoms with Gasteiger partial charge in [-0.15, -0.1) is 0 Å². The number of carboxylic acids is 1. The Bertz CT molecular complexity index is 703. The lowest BCUT2D eigenvalue weighted by Crippen LogP contribution is -2.33. The number of carboxylic acid groups (broad SMARTS) is 1. The molecule has 0 spiro atoms. The van der Waals surface area contributed by atoms with Crippen LogP contribution in [0.5, 0.6) is 0 Å². The van der Waals surface area contributed by atoms with E-state index >= 15 is 0 Å². The molecule has 2 aromatic rings. The van der Waals surface area contributed by atoms with Gasteiger partial charge in [0.05, 0.1) is 5.92 Å². The average molecular weight is 303 g/mol. The van der Waals surface area contributed by atoms with Crippen LogP contribution in [-0.4, -0.2) is 33.2 Å². The number of hydrogen-bond donors (Lipinski definition) is 3. The van der Waals surface area contributed by atoms with Gasteiger partial charge in [0.1, 0.15) is 11.5 Å². The Kier molecular flexibility index (Phi) is 3.70. The van der Waals surface area contributed by atoms with Crippen LogP contribution >= 0.6 is 0 Å². The summed E-state index contributed by atoms with van der Waals surface area (Å²) in [5, 5.41) is 18.6. The summed E-state index contributed by atoms with van der Waals surface area (Å²) in [7, 11) is 0. The molecule has 22 heavy (non-hydrogen) atoms. The van der Waals surface area contributed by atoms with Gasteiger partial charge in [0, 0.05) is 12.1 Å². The summed E-state index contributed by atoms with van der Waals surface area (Å²) < 4.78 is 5.47. The quantitative estimate of drug-likeness (QED) is 0.800. The van der Waals surface area contributed by atoms with Crippen LogP contribution < -0.4 is 5.32 Å². The van der Waals surface area contributed by atoms with Crippen LogP contribution in [0.3, 0.4) is 0 Å². The second-order valence-corrected chi connectivity index (χ2v) is 5.60. The Morgan fingerprint density at radius 1 is 1.41 bits per heavy atom. The Balaban J connectivity index is 1.64. The highest BCUT2D eigenvalue weighted by Crippen LogP contribution is 2.26. The lowest BCUT2D eigenvalue weighted by Gasteiger charge is -2.10. The first kappa shape index (κ1) is 14.4. The number of H-pyrrole nitrogens is 1. The van der Waals surface area contributed by atoms with Crippen LogP contribution in [0.15, 0.2) is 22.6 Å². The molecule has 0 aromatic carbocycles. The van der Waals surface area contributed by atoms with Gasteiger partial charge in [-0.1, -0.05) is 0 Å². The van der Waals surface area contributed by atoms with Gasteiger partial charge in [-0.3, -0.25) is 14.7 Å². The number of carbonyl (C=O) groups excluding carboxylic acids is 1. The molecular weight excluding hydrogens is 286 g/mol. The molecule has 0 aliphatic heterocycles. The topological polar surface area (TPSA) is 108 Å². The van der Waals surface area contributed by atoms with Gasteiger partial charge in [0.15, 0.2) is 11.5 Å². The average Bonchev–Trinajstić information content (AvgIpc) is 3.16. The number of nitrogens with zero attached hydrogens (tertiary/aromatic N) is 1. The number of aromatic amines is 1. The first-order valence-electron chi connectivity index (χ1n) is 7.19. The molecule has 116 valence electrons. The van der Waals surface area contributed by atoms with Gasteiger partial charge in [0.25, 0.3) is 5.91 Å². The summed E-state index contributed by atoms with van der Waals surface area (Å²) >= 11 is 0. The first-order chi connectivity index (χ1) is 10.5. The third-order valence-electron chi connectivity index (χ3n) is 3.93. The number of rotatable bonds is 4. The highest BCUT2D eigenvalue weighted by Gasteiger charge is 2.31. The summed E-state index contributed by atoms with van der Waals surface area (Å²) in [5.41, 5.74) is 0.899. The molecule has 7 nitrogen and oxygen atoms in total. The van der Waals surface area contributed by atoms with Gasteiger partial charge in [-0.05, 0) is 38.3 Å². The predicted octanol–water partition coefficient (Wildman–Crippen LogP) is 1.96. The lowest BCUT2D eigenvalue weighted by atomic mass is 10.1. The Morgan fingerprint density at radius 3 is 2.86 bits per heavy atom. The highest BCUT2D eigenvalue weighted by molar-refractivity contribution is 5.93. The number of aliphatic carboxylic acids is 1. The van der Waals surface area contributed by atoms with Crippen LogP contribution in [-0.2, 0) is 4.79 Å². The monoisotopic (exact) mass is 303 g/mol. The number of aryl methyl sites for hydroxylation is 1. The van der Waals surface area contributed by atoms with Gasteiger partial charge in [-0.25, -0.2) is 0 Å². The Hall–Kier alpha value is -2.57. The van der Waals surface area contributed by atoms with E-state index in [9.17, 15) is 9.59 Å². The van der Waals surface area contributed by atoms with Crippen molar-refractivity contribution in [3.05, 3.63) is 29.7 Å². The van der Waals surface area contributed by atoms with Crippen molar-refractivity contribution in [2.75, 3.05) is 0 Å². The number of nitrogens with one attached hydrogen (secondary N) is 2. The molecule has 1 amide bonds. The van der Waals surface area contributed by atoms with E-state index in [1.807, 2.05) is 13.0 Å². The summed E-state index contributed by atoms with van der Waals surface area (Å²) in [6, 6.07) is 5.15. The van der Waals surface area contributed by atoms with Crippen LogP contribution in [0.1, 0.15) is 35.5 Å². The summed E-state index contributed by atoms with van der Waals surface area (Å²) in [4.78, 5) is 23.1. The van der Waals surface area contributed by atoms with Crippen molar-refractivity contribution in [1.82, 2.24) is 15.5 Å². The summed E-state index contributed by atoms with van der Waals surface area (Å²) in [6.45, 7) is 1.84. The van der Waals surface area contributed by atoms with Crippen molar-refractivity contribution in [2.24, 2.45) is 5.92 Å². The molecule has 0 radical (unpaired) electrons. The van der Waals surface area contributed by atoms with Crippen molar-refractivity contribution >= 4 is 11.9 Å². The third-order valence-corrected chi connectivity index (χ3v) is 3.93. The van der Waals surface area contributed by atoms with Crippen molar-refractivity contribution in [3.8, 4) is 11.5 Å². The van der Waals surface area contributed by atoms with Crippen LogP contribution in [0.4, 0.5) is 0 Å². The minimum Gasteiger partial charge on any atom is -0.481 e. The molecule has 2 atom stereocenters. The number of amides is 1. The summed E-state index contributed by atoms with van der Waals surface area (Å²) in [5.74, 6) is -0.0722. The van der Waals surface area contributed by atoms with Crippen molar-refractivity contribution in [2.45, 2.75) is 32.2 Å². The van der Waals surface area contributed by atoms with E-state index in [0.717, 1.165) is 5.76 Å². The highest BCUT2D eigenvalue weighted by atomic mass is 16.4. The minimum atomic E-state index is -0.799. The minimum absolute atomic E-state index is 0.111. The maximum Gasteiger partial charge on any atom is 0.306 e. The third kappa shape index (κ3) is 2.88. The first-order valence-corrected chi connectivity index (χ1v) is 7.19. The predicted molar refractivity (Wildman–Crippen MR) is 77.3 cm³/mol.